The molecule has 0 bridgehead atoms. The van der Waals surface area contributed by atoms with Gasteiger partial charge in [0, 0.05) is 12.1 Å². The van der Waals surface area contributed by atoms with E-state index < -0.39 is 0 Å². The van der Waals surface area contributed by atoms with Gasteiger partial charge in [-0.2, -0.15) is 0 Å². The number of nitrogens with one attached hydrogen (secondary N) is 1. The zero-order valence-electron chi connectivity index (χ0n) is 11.1. The lowest BCUT2D eigenvalue weighted by Crippen LogP contribution is -2.28. The van der Waals surface area contributed by atoms with E-state index in [9.17, 15) is 4.79 Å². The molecule has 0 aliphatic heterocycles. The Kier molecular flexibility index (Phi) is 5.41. The van der Waals surface area contributed by atoms with Crippen LogP contribution in [0.25, 0.3) is 0 Å². The molecule has 18 heavy (non-hydrogen) atoms. The fourth-order valence-electron chi connectivity index (χ4n) is 1.49. The van der Waals surface area contributed by atoms with Gasteiger partial charge >= 0.3 is 0 Å². The predicted octanol–water partition coefficient (Wildman–Crippen LogP) is 1.72. The van der Waals surface area contributed by atoms with Crippen LogP contribution in [0.4, 0.5) is 0 Å². The summed E-state index contributed by atoms with van der Waals surface area (Å²) in [4.78, 5) is 12.0. The summed E-state index contributed by atoms with van der Waals surface area (Å²) in [6.07, 6.45) is 0. The number of benzene rings is 1. The summed E-state index contributed by atoms with van der Waals surface area (Å²) in [5.74, 6) is 5.68. The normalized spacial score (nSPS) is 9.83. The van der Waals surface area contributed by atoms with Crippen molar-refractivity contribution < 1.29 is 9.90 Å². The molecule has 1 aromatic rings. The van der Waals surface area contributed by atoms with Crippen LogP contribution in [0, 0.1) is 24.7 Å². The summed E-state index contributed by atoms with van der Waals surface area (Å²) >= 11 is 0. The number of aliphatic hydroxyl groups excluding tert-OH is 1. The van der Waals surface area contributed by atoms with Crippen molar-refractivity contribution >= 4 is 5.91 Å². The second-order valence-electron chi connectivity index (χ2n) is 4.61. The summed E-state index contributed by atoms with van der Waals surface area (Å²) in [5.41, 5.74) is 2.25. The molecule has 0 aliphatic carbocycles. The average molecular weight is 245 g/mol. The van der Waals surface area contributed by atoms with Gasteiger partial charge in [0.05, 0.1) is 5.56 Å². The Bertz CT molecular complexity index is 481. The first kappa shape index (κ1) is 14.3. The molecule has 1 rings (SSSR count). The first-order valence-corrected chi connectivity index (χ1v) is 6.03. The summed E-state index contributed by atoms with van der Waals surface area (Å²) in [6.45, 7) is 6.46. The number of aryl methyl sites for hydroxylation is 1. The highest BCUT2D eigenvalue weighted by atomic mass is 16.2. The van der Waals surface area contributed by atoms with Gasteiger partial charge in [-0.05, 0) is 30.5 Å². The molecule has 1 aromatic carbocycles. The van der Waals surface area contributed by atoms with Gasteiger partial charge in [0.1, 0.15) is 6.61 Å². The van der Waals surface area contributed by atoms with Crippen molar-refractivity contribution in [2.75, 3.05) is 13.2 Å². The van der Waals surface area contributed by atoms with E-state index in [1.807, 2.05) is 32.9 Å². The van der Waals surface area contributed by atoms with E-state index in [0.717, 1.165) is 5.56 Å². The van der Waals surface area contributed by atoms with Gasteiger partial charge < -0.3 is 10.4 Å². The SMILES string of the molecule is Cc1ccc(C(=O)NCC(C)C)c(C#CCO)c1. The van der Waals surface area contributed by atoms with Crippen LogP contribution in [0.1, 0.15) is 35.3 Å². The molecule has 0 aliphatic rings. The molecule has 0 heterocycles. The minimum absolute atomic E-state index is 0.120. The van der Waals surface area contributed by atoms with E-state index >= 15 is 0 Å². The molecule has 3 nitrogen and oxygen atoms in total. The minimum atomic E-state index is -0.207. The highest BCUT2D eigenvalue weighted by molar-refractivity contribution is 5.96. The number of hydrogen-bond acceptors (Lipinski definition) is 2. The quantitative estimate of drug-likeness (QED) is 0.797. The smallest absolute Gasteiger partial charge is 0.252 e. The van der Waals surface area contributed by atoms with Gasteiger partial charge in [-0.1, -0.05) is 31.8 Å². The lowest BCUT2D eigenvalue weighted by Gasteiger charge is -2.09. The molecular weight excluding hydrogens is 226 g/mol. The summed E-state index contributed by atoms with van der Waals surface area (Å²) in [6, 6.07) is 5.51. The molecular formula is C15H19NO2. The third-order valence-electron chi connectivity index (χ3n) is 2.39. The van der Waals surface area contributed by atoms with Crippen molar-refractivity contribution in [3.8, 4) is 11.8 Å². The van der Waals surface area contributed by atoms with Gasteiger partial charge in [-0.3, -0.25) is 4.79 Å². The van der Waals surface area contributed by atoms with Gasteiger partial charge in [0.2, 0.25) is 0 Å². The number of carbonyl (C=O) groups excluding carboxylic acids is 1. The molecule has 3 heteroatoms. The lowest BCUT2D eigenvalue weighted by molar-refractivity contribution is 0.0949. The molecule has 0 spiro atoms. The Hall–Kier alpha value is -1.79. The Labute approximate surface area is 108 Å². The Morgan fingerprint density at radius 3 is 2.78 bits per heavy atom. The Balaban J connectivity index is 2.96. The van der Waals surface area contributed by atoms with Crippen LogP contribution in [0.2, 0.25) is 0 Å². The average Bonchev–Trinajstić information content (AvgIpc) is 2.33. The van der Waals surface area contributed by atoms with Crippen LogP contribution in [0.3, 0.4) is 0 Å². The fourth-order valence-corrected chi connectivity index (χ4v) is 1.49. The number of amides is 1. The van der Waals surface area contributed by atoms with Crippen molar-refractivity contribution in [1.82, 2.24) is 5.32 Å². The molecule has 0 radical (unpaired) electrons. The highest BCUT2D eigenvalue weighted by Gasteiger charge is 2.10. The molecule has 0 fully saturated rings. The molecule has 0 atom stereocenters. The topological polar surface area (TPSA) is 49.3 Å². The van der Waals surface area contributed by atoms with Crippen molar-refractivity contribution in [3.63, 3.8) is 0 Å². The first-order chi connectivity index (χ1) is 8.54. The van der Waals surface area contributed by atoms with Crippen LogP contribution < -0.4 is 5.32 Å². The monoisotopic (exact) mass is 245 g/mol. The van der Waals surface area contributed by atoms with Crippen LogP contribution >= 0.6 is 0 Å². The number of carbonyl (C=O) groups is 1. The van der Waals surface area contributed by atoms with Crippen LogP contribution in [0.15, 0.2) is 18.2 Å². The third-order valence-corrected chi connectivity index (χ3v) is 2.39. The van der Waals surface area contributed by atoms with E-state index in [0.29, 0.717) is 23.6 Å². The standard InChI is InChI=1S/C15H19NO2/c1-11(2)10-16-15(18)14-7-6-12(3)9-13(14)5-4-8-17/h6-7,9,11,17H,8,10H2,1-3H3,(H,16,18). The van der Waals surface area contributed by atoms with E-state index in [-0.39, 0.29) is 12.5 Å². The Morgan fingerprint density at radius 2 is 2.17 bits per heavy atom. The largest absolute Gasteiger partial charge is 0.384 e. The van der Waals surface area contributed by atoms with Gasteiger partial charge in [-0.15, -0.1) is 0 Å². The van der Waals surface area contributed by atoms with E-state index in [4.69, 9.17) is 5.11 Å². The molecule has 1 amide bonds. The molecule has 0 unspecified atom stereocenters. The lowest BCUT2D eigenvalue weighted by atomic mass is 10.0. The van der Waals surface area contributed by atoms with E-state index in [1.165, 1.54) is 0 Å². The van der Waals surface area contributed by atoms with E-state index in [2.05, 4.69) is 17.2 Å². The van der Waals surface area contributed by atoms with Crippen molar-refractivity contribution in [3.05, 3.63) is 34.9 Å². The summed E-state index contributed by atoms with van der Waals surface area (Å²) < 4.78 is 0. The second kappa shape index (κ2) is 6.83. The Morgan fingerprint density at radius 1 is 1.44 bits per heavy atom. The second-order valence-corrected chi connectivity index (χ2v) is 4.61. The van der Waals surface area contributed by atoms with Crippen LogP contribution in [0.5, 0.6) is 0 Å². The predicted molar refractivity (Wildman–Crippen MR) is 72.3 cm³/mol. The highest BCUT2D eigenvalue weighted by Crippen LogP contribution is 2.11. The third kappa shape index (κ3) is 4.23. The minimum Gasteiger partial charge on any atom is -0.384 e. The van der Waals surface area contributed by atoms with Crippen molar-refractivity contribution in [1.29, 1.82) is 0 Å². The maximum atomic E-state index is 12.0. The number of rotatable bonds is 3. The van der Waals surface area contributed by atoms with Gasteiger partial charge in [-0.25, -0.2) is 0 Å². The van der Waals surface area contributed by atoms with Gasteiger partial charge in [0.15, 0.2) is 0 Å². The van der Waals surface area contributed by atoms with Gasteiger partial charge in [0.25, 0.3) is 5.91 Å². The zero-order valence-corrected chi connectivity index (χ0v) is 11.1. The summed E-state index contributed by atoms with van der Waals surface area (Å²) in [5, 5.41) is 11.6. The molecule has 0 saturated heterocycles. The van der Waals surface area contributed by atoms with Crippen molar-refractivity contribution in [2.24, 2.45) is 5.92 Å². The zero-order chi connectivity index (χ0) is 13.5. The van der Waals surface area contributed by atoms with Crippen LogP contribution in [-0.4, -0.2) is 24.2 Å². The molecule has 0 aromatic heterocycles. The van der Waals surface area contributed by atoms with E-state index in [1.54, 1.807) is 6.07 Å². The maximum Gasteiger partial charge on any atom is 0.252 e. The summed E-state index contributed by atoms with van der Waals surface area (Å²) in [7, 11) is 0. The maximum absolute atomic E-state index is 12.0. The first-order valence-electron chi connectivity index (χ1n) is 6.03. The molecule has 2 N–H and O–H groups in total. The van der Waals surface area contributed by atoms with Crippen molar-refractivity contribution in [2.45, 2.75) is 20.8 Å². The number of aliphatic hydroxyl groups is 1. The number of hydrogen-bond donors (Lipinski definition) is 2. The molecule has 96 valence electrons. The molecule has 0 saturated carbocycles. The van der Waals surface area contributed by atoms with Crippen LogP contribution in [-0.2, 0) is 0 Å². The fraction of sp³-hybridized carbons (Fsp3) is 0.400.